The van der Waals surface area contributed by atoms with Gasteiger partial charge in [-0.15, -0.1) is 0 Å². The smallest absolute Gasteiger partial charge is 0.337 e. The molecule has 0 fully saturated rings. The highest BCUT2D eigenvalue weighted by Gasteiger charge is 2.15. The van der Waals surface area contributed by atoms with E-state index in [1.54, 1.807) is 11.8 Å². The van der Waals surface area contributed by atoms with Crippen LogP contribution in [0.25, 0.3) is 0 Å². The van der Waals surface area contributed by atoms with Crippen molar-refractivity contribution in [3.63, 3.8) is 0 Å². The van der Waals surface area contributed by atoms with Gasteiger partial charge in [0, 0.05) is 23.9 Å². The summed E-state index contributed by atoms with van der Waals surface area (Å²) >= 11 is 1.62. The third-order valence-corrected chi connectivity index (χ3v) is 3.40. The van der Waals surface area contributed by atoms with Crippen LogP contribution in [0.15, 0.2) is 18.2 Å². The first-order valence-corrected chi connectivity index (χ1v) is 6.53. The fraction of sp³-hybridized carbons (Fsp3) is 0.364. The minimum atomic E-state index is -1.11. The number of thioether (sulfide) groups is 1. The minimum Gasteiger partial charge on any atom is -0.478 e. The van der Waals surface area contributed by atoms with E-state index in [0.29, 0.717) is 6.54 Å². The zero-order valence-electron chi connectivity index (χ0n) is 10.0. The van der Waals surface area contributed by atoms with Crippen LogP contribution in [0.3, 0.4) is 0 Å². The van der Waals surface area contributed by atoms with E-state index in [0.717, 1.165) is 0 Å². The van der Waals surface area contributed by atoms with Crippen LogP contribution in [0.5, 0.6) is 0 Å². The molecule has 0 amide bonds. The Balaban J connectivity index is 3.00. The molecule has 0 aromatic heterocycles. The number of carboxylic acids is 1. The van der Waals surface area contributed by atoms with Crippen LogP contribution >= 0.6 is 11.8 Å². The lowest BCUT2D eigenvalue weighted by molar-refractivity contribution is -0.384. The molecule has 1 unspecified atom stereocenters. The second-order valence-corrected chi connectivity index (χ2v) is 5.00. The topological polar surface area (TPSA) is 92.5 Å². The first kappa shape index (κ1) is 14.3. The van der Waals surface area contributed by atoms with Gasteiger partial charge in [-0.1, -0.05) is 6.92 Å². The molecule has 1 atom stereocenters. The average Bonchev–Trinajstić information content (AvgIpc) is 2.35. The zero-order chi connectivity index (χ0) is 13.7. The molecule has 0 spiro atoms. The number of nitrogens with one attached hydrogen (secondary N) is 1. The molecular formula is C11H14N2O4S. The lowest BCUT2D eigenvalue weighted by Gasteiger charge is -2.12. The molecule has 1 aromatic carbocycles. The van der Waals surface area contributed by atoms with Crippen molar-refractivity contribution in [2.45, 2.75) is 12.2 Å². The monoisotopic (exact) mass is 270 g/mol. The number of hydrogen-bond acceptors (Lipinski definition) is 5. The van der Waals surface area contributed by atoms with E-state index in [9.17, 15) is 14.9 Å². The Hall–Kier alpha value is -1.76. The Morgan fingerprint density at radius 3 is 2.78 bits per heavy atom. The van der Waals surface area contributed by atoms with Gasteiger partial charge in [0.2, 0.25) is 0 Å². The van der Waals surface area contributed by atoms with Gasteiger partial charge in [-0.3, -0.25) is 10.1 Å². The normalized spacial score (nSPS) is 11.9. The van der Waals surface area contributed by atoms with E-state index in [1.807, 2.05) is 13.2 Å². The van der Waals surface area contributed by atoms with Gasteiger partial charge in [-0.05, 0) is 12.3 Å². The largest absolute Gasteiger partial charge is 0.478 e. The van der Waals surface area contributed by atoms with Gasteiger partial charge in [0.25, 0.3) is 5.69 Å². The number of nitrogens with zero attached hydrogens (tertiary/aromatic N) is 1. The molecule has 2 N–H and O–H groups in total. The molecule has 98 valence electrons. The van der Waals surface area contributed by atoms with Crippen molar-refractivity contribution in [1.29, 1.82) is 0 Å². The quantitative estimate of drug-likeness (QED) is 0.609. The highest BCUT2D eigenvalue weighted by atomic mass is 32.2. The predicted molar refractivity (Wildman–Crippen MR) is 71.5 cm³/mol. The minimum absolute atomic E-state index is 0.0360. The highest BCUT2D eigenvalue weighted by molar-refractivity contribution is 7.99. The second-order valence-electron chi connectivity index (χ2n) is 3.72. The summed E-state index contributed by atoms with van der Waals surface area (Å²) in [6.45, 7) is 2.53. The fourth-order valence-electron chi connectivity index (χ4n) is 1.32. The first-order valence-electron chi connectivity index (χ1n) is 5.24. The summed E-state index contributed by atoms with van der Waals surface area (Å²) in [5.74, 6) is -1.11. The Bertz CT molecular complexity index is 464. The van der Waals surface area contributed by atoms with Crippen LogP contribution in [0, 0.1) is 10.1 Å². The SMILES string of the molecule is CSC(C)CNc1cc([N+](=O)[O-])ccc1C(=O)O. The molecule has 0 saturated heterocycles. The van der Waals surface area contributed by atoms with Gasteiger partial charge in [-0.25, -0.2) is 4.79 Å². The molecule has 0 saturated carbocycles. The van der Waals surface area contributed by atoms with Gasteiger partial charge < -0.3 is 10.4 Å². The maximum atomic E-state index is 11.0. The summed E-state index contributed by atoms with van der Waals surface area (Å²) in [5.41, 5.74) is 0.186. The van der Waals surface area contributed by atoms with E-state index >= 15 is 0 Å². The van der Waals surface area contributed by atoms with Crippen LogP contribution in [-0.2, 0) is 0 Å². The lowest BCUT2D eigenvalue weighted by atomic mass is 10.1. The third-order valence-electron chi connectivity index (χ3n) is 2.43. The standard InChI is InChI=1S/C11H14N2O4S/c1-7(18-2)6-12-10-5-8(13(16)17)3-4-9(10)11(14)15/h3-5,7,12H,6H2,1-2H3,(H,14,15). The molecule has 1 rings (SSSR count). The summed E-state index contributed by atoms with van der Waals surface area (Å²) in [7, 11) is 0. The number of carbonyl (C=O) groups is 1. The molecule has 0 aliphatic rings. The maximum absolute atomic E-state index is 11.0. The van der Waals surface area contributed by atoms with Crippen LogP contribution in [-0.4, -0.2) is 34.0 Å². The van der Waals surface area contributed by atoms with Gasteiger partial charge in [0.05, 0.1) is 16.2 Å². The van der Waals surface area contributed by atoms with E-state index in [2.05, 4.69) is 5.32 Å². The Labute approximate surface area is 109 Å². The predicted octanol–water partition coefficient (Wildman–Crippen LogP) is 2.46. The molecule has 1 aromatic rings. The number of anilines is 1. The van der Waals surface area contributed by atoms with Crippen molar-refractivity contribution >= 4 is 29.1 Å². The maximum Gasteiger partial charge on any atom is 0.337 e. The molecule has 0 aliphatic heterocycles. The van der Waals surface area contributed by atoms with Crippen LogP contribution in [0.2, 0.25) is 0 Å². The van der Waals surface area contributed by atoms with Crippen molar-refractivity contribution in [2.24, 2.45) is 0 Å². The van der Waals surface area contributed by atoms with E-state index in [4.69, 9.17) is 5.11 Å². The van der Waals surface area contributed by atoms with Crippen LogP contribution in [0.1, 0.15) is 17.3 Å². The number of nitro benzene ring substituents is 1. The Kier molecular flexibility index (Phi) is 4.96. The second kappa shape index (κ2) is 6.25. The van der Waals surface area contributed by atoms with Crippen molar-refractivity contribution in [1.82, 2.24) is 0 Å². The lowest BCUT2D eigenvalue weighted by Crippen LogP contribution is -2.15. The van der Waals surface area contributed by atoms with Crippen LogP contribution < -0.4 is 5.32 Å². The summed E-state index contributed by atoms with van der Waals surface area (Å²) in [6.07, 6.45) is 1.94. The Morgan fingerprint density at radius 1 is 1.61 bits per heavy atom. The summed E-state index contributed by atoms with van der Waals surface area (Å²) in [6, 6.07) is 3.68. The number of hydrogen-bond donors (Lipinski definition) is 2. The Morgan fingerprint density at radius 2 is 2.28 bits per heavy atom. The average molecular weight is 270 g/mol. The molecule has 0 heterocycles. The van der Waals surface area contributed by atoms with E-state index in [-0.39, 0.29) is 22.2 Å². The van der Waals surface area contributed by atoms with Gasteiger partial charge in [0.1, 0.15) is 0 Å². The molecule has 0 aliphatic carbocycles. The third kappa shape index (κ3) is 3.63. The number of aromatic carboxylic acids is 1. The number of non-ortho nitro benzene ring substituents is 1. The van der Waals surface area contributed by atoms with E-state index < -0.39 is 10.9 Å². The number of rotatable bonds is 6. The van der Waals surface area contributed by atoms with Crippen molar-refractivity contribution in [3.05, 3.63) is 33.9 Å². The summed E-state index contributed by atoms with van der Waals surface area (Å²) < 4.78 is 0. The number of benzene rings is 1. The van der Waals surface area contributed by atoms with Gasteiger partial charge >= 0.3 is 5.97 Å². The first-order chi connectivity index (χ1) is 8.45. The summed E-state index contributed by atoms with van der Waals surface area (Å²) in [4.78, 5) is 21.1. The molecule has 6 nitrogen and oxygen atoms in total. The van der Waals surface area contributed by atoms with Crippen molar-refractivity contribution in [3.8, 4) is 0 Å². The molecular weight excluding hydrogens is 256 g/mol. The molecule has 18 heavy (non-hydrogen) atoms. The molecule has 7 heteroatoms. The highest BCUT2D eigenvalue weighted by Crippen LogP contribution is 2.23. The molecule has 0 radical (unpaired) electrons. The van der Waals surface area contributed by atoms with E-state index in [1.165, 1.54) is 18.2 Å². The van der Waals surface area contributed by atoms with Crippen molar-refractivity contribution in [2.75, 3.05) is 18.1 Å². The molecule has 0 bridgehead atoms. The van der Waals surface area contributed by atoms with Crippen LogP contribution in [0.4, 0.5) is 11.4 Å². The van der Waals surface area contributed by atoms with Crippen molar-refractivity contribution < 1.29 is 14.8 Å². The van der Waals surface area contributed by atoms with Gasteiger partial charge in [-0.2, -0.15) is 11.8 Å². The summed E-state index contributed by atoms with van der Waals surface area (Å²) in [5, 5.41) is 22.9. The number of carboxylic acid groups (broad SMARTS) is 1. The zero-order valence-corrected chi connectivity index (χ0v) is 10.9. The fourth-order valence-corrected chi connectivity index (χ4v) is 1.57. The number of nitro groups is 1. The van der Waals surface area contributed by atoms with Gasteiger partial charge in [0.15, 0.2) is 0 Å².